The molecule has 0 unspecified atom stereocenters. The van der Waals surface area contributed by atoms with Crippen LogP contribution in [-0.4, -0.2) is 4.57 Å². The molecule has 0 bridgehead atoms. The normalized spacial score (nSPS) is 12.2. The lowest BCUT2D eigenvalue weighted by Crippen LogP contribution is -2.08. The first-order chi connectivity index (χ1) is 8.82. The van der Waals surface area contributed by atoms with Gasteiger partial charge >= 0.3 is 6.18 Å². The highest BCUT2D eigenvalue weighted by Gasteiger charge is 2.37. The molecule has 0 N–H and O–H groups in total. The van der Waals surface area contributed by atoms with Gasteiger partial charge in [0.1, 0.15) is 0 Å². The van der Waals surface area contributed by atoms with Crippen LogP contribution >= 0.6 is 0 Å². The summed E-state index contributed by atoms with van der Waals surface area (Å²) in [5.41, 5.74) is 1.28. The molecular formula is C15H16F3N. The van der Waals surface area contributed by atoms with Crippen LogP contribution in [0.4, 0.5) is 13.2 Å². The number of hydrogen-bond donors (Lipinski definition) is 0. The van der Waals surface area contributed by atoms with Gasteiger partial charge in [0.15, 0.2) is 0 Å². The summed E-state index contributed by atoms with van der Waals surface area (Å²) in [4.78, 5) is 0. The average molecular weight is 267 g/mol. The number of rotatable bonds is 2. The molecular weight excluding hydrogens is 251 g/mol. The maximum absolute atomic E-state index is 13.1. The van der Waals surface area contributed by atoms with E-state index in [1.807, 2.05) is 30.3 Å². The summed E-state index contributed by atoms with van der Waals surface area (Å²) in [7, 11) is 1.66. The molecule has 0 aliphatic carbocycles. The molecule has 1 aromatic heterocycles. The number of hydrogen-bond acceptors (Lipinski definition) is 0. The highest BCUT2D eigenvalue weighted by atomic mass is 19.4. The van der Waals surface area contributed by atoms with Crippen LogP contribution in [0.15, 0.2) is 36.5 Å². The molecule has 2 rings (SSSR count). The van der Waals surface area contributed by atoms with E-state index in [4.69, 9.17) is 0 Å². The average Bonchev–Trinajstić information content (AvgIpc) is 2.68. The third-order valence-electron chi connectivity index (χ3n) is 3.15. The lowest BCUT2D eigenvalue weighted by atomic mass is 9.95. The summed E-state index contributed by atoms with van der Waals surface area (Å²) in [5.74, 6) is -0.187. The summed E-state index contributed by atoms with van der Waals surface area (Å²) in [5, 5.41) is 0. The second-order valence-electron chi connectivity index (χ2n) is 4.93. The Kier molecular flexibility index (Phi) is 3.43. The Morgan fingerprint density at radius 3 is 2.11 bits per heavy atom. The van der Waals surface area contributed by atoms with Gasteiger partial charge in [-0.1, -0.05) is 44.2 Å². The van der Waals surface area contributed by atoms with Crippen LogP contribution in [0.5, 0.6) is 0 Å². The van der Waals surface area contributed by atoms with Crippen molar-refractivity contribution in [3.63, 3.8) is 0 Å². The maximum atomic E-state index is 13.1. The molecule has 0 spiro atoms. The Balaban J connectivity index is 2.72. The number of halogens is 3. The molecule has 1 aromatic carbocycles. The zero-order valence-electron chi connectivity index (χ0n) is 11.1. The zero-order chi connectivity index (χ0) is 14.2. The number of nitrogens with zero attached hydrogens (tertiary/aromatic N) is 1. The van der Waals surface area contributed by atoms with Crippen molar-refractivity contribution >= 4 is 0 Å². The molecule has 0 aliphatic heterocycles. The van der Waals surface area contributed by atoms with Crippen LogP contribution in [0.2, 0.25) is 0 Å². The first-order valence-corrected chi connectivity index (χ1v) is 6.14. The van der Waals surface area contributed by atoms with Crippen molar-refractivity contribution in [1.29, 1.82) is 0 Å². The summed E-state index contributed by atoms with van der Waals surface area (Å²) in [6.07, 6.45) is -3.14. The number of aromatic nitrogens is 1. The molecule has 2 aromatic rings. The third-order valence-corrected chi connectivity index (χ3v) is 3.15. The maximum Gasteiger partial charge on any atom is 0.418 e. The van der Waals surface area contributed by atoms with Gasteiger partial charge in [0.05, 0.1) is 11.3 Å². The molecule has 0 radical (unpaired) electrons. The minimum absolute atomic E-state index is 0.187. The van der Waals surface area contributed by atoms with E-state index >= 15 is 0 Å². The minimum atomic E-state index is -4.32. The molecule has 0 aliphatic rings. The van der Waals surface area contributed by atoms with E-state index in [9.17, 15) is 13.2 Å². The topological polar surface area (TPSA) is 4.93 Å². The van der Waals surface area contributed by atoms with Gasteiger partial charge < -0.3 is 4.57 Å². The molecule has 0 saturated heterocycles. The van der Waals surface area contributed by atoms with Crippen LogP contribution in [-0.2, 0) is 13.2 Å². The van der Waals surface area contributed by atoms with E-state index in [0.717, 1.165) is 5.56 Å². The summed E-state index contributed by atoms with van der Waals surface area (Å²) in [6, 6.07) is 9.19. The fraction of sp³-hybridized carbons (Fsp3) is 0.333. The predicted octanol–water partition coefficient (Wildman–Crippen LogP) is 4.83. The van der Waals surface area contributed by atoms with Crippen LogP contribution in [0.1, 0.15) is 30.9 Å². The zero-order valence-corrected chi connectivity index (χ0v) is 11.1. The first kappa shape index (κ1) is 13.7. The Morgan fingerprint density at radius 2 is 1.63 bits per heavy atom. The Morgan fingerprint density at radius 1 is 1.05 bits per heavy atom. The summed E-state index contributed by atoms with van der Waals surface area (Å²) >= 11 is 0. The van der Waals surface area contributed by atoms with Crippen molar-refractivity contribution in [2.24, 2.45) is 7.05 Å². The molecule has 4 heteroatoms. The smallest absolute Gasteiger partial charge is 0.350 e. The van der Waals surface area contributed by atoms with Crippen LogP contribution < -0.4 is 0 Å². The van der Waals surface area contributed by atoms with Crippen molar-refractivity contribution in [2.45, 2.75) is 25.9 Å². The fourth-order valence-corrected chi connectivity index (χ4v) is 2.41. The molecule has 0 amide bonds. The quantitative estimate of drug-likeness (QED) is 0.734. The van der Waals surface area contributed by atoms with Crippen molar-refractivity contribution in [3.8, 4) is 11.3 Å². The van der Waals surface area contributed by atoms with Gasteiger partial charge in [-0.3, -0.25) is 0 Å². The van der Waals surface area contributed by atoms with Crippen LogP contribution in [0.25, 0.3) is 11.3 Å². The van der Waals surface area contributed by atoms with E-state index in [-0.39, 0.29) is 5.92 Å². The van der Waals surface area contributed by atoms with E-state index in [1.54, 1.807) is 25.5 Å². The standard InChI is InChI=1S/C15H16F3N/c1-10(2)13-12(15(16,17)18)9-19(3)14(13)11-7-5-4-6-8-11/h4-10H,1-3H3. The van der Waals surface area contributed by atoms with Gasteiger partial charge in [-0.25, -0.2) is 0 Å². The van der Waals surface area contributed by atoms with Crippen molar-refractivity contribution < 1.29 is 13.2 Å². The van der Waals surface area contributed by atoms with E-state index < -0.39 is 11.7 Å². The van der Waals surface area contributed by atoms with Gasteiger partial charge in [0.25, 0.3) is 0 Å². The molecule has 0 atom stereocenters. The number of alkyl halides is 3. The van der Waals surface area contributed by atoms with E-state index in [0.29, 0.717) is 11.3 Å². The molecule has 19 heavy (non-hydrogen) atoms. The minimum Gasteiger partial charge on any atom is -0.350 e. The number of benzene rings is 1. The molecule has 0 fully saturated rings. The molecule has 1 heterocycles. The van der Waals surface area contributed by atoms with Gasteiger partial charge in [-0.2, -0.15) is 13.2 Å². The lowest BCUT2D eigenvalue weighted by Gasteiger charge is -2.14. The van der Waals surface area contributed by atoms with Gasteiger partial charge in [0, 0.05) is 13.2 Å². The van der Waals surface area contributed by atoms with E-state index in [1.165, 1.54) is 6.20 Å². The van der Waals surface area contributed by atoms with Crippen LogP contribution in [0.3, 0.4) is 0 Å². The highest BCUT2D eigenvalue weighted by Crippen LogP contribution is 2.41. The largest absolute Gasteiger partial charge is 0.418 e. The molecule has 1 nitrogen and oxygen atoms in total. The van der Waals surface area contributed by atoms with Gasteiger partial charge in [0.2, 0.25) is 0 Å². The molecule has 0 saturated carbocycles. The lowest BCUT2D eigenvalue weighted by molar-refractivity contribution is -0.138. The van der Waals surface area contributed by atoms with Gasteiger partial charge in [-0.15, -0.1) is 0 Å². The molecule has 102 valence electrons. The van der Waals surface area contributed by atoms with Gasteiger partial charge in [-0.05, 0) is 17.0 Å². The monoisotopic (exact) mass is 267 g/mol. The first-order valence-electron chi connectivity index (χ1n) is 6.14. The summed E-state index contributed by atoms with van der Waals surface area (Å²) in [6.45, 7) is 3.58. The second kappa shape index (κ2) is 4.76. The number of aryl methyl sites for hydroxylation is 1. The van der Waals surface area contributed by atoms with Crippen molar-refractivity contribution in [3.05, 3.63) is 47.7 Å². The van der Waals surface area contributed by atoms with Crippen molar-refractivity contribution in [2.75, 3.05) is 0 Å². The summed E-state index contributed by atoms with van der Waals surface area (Å²) < 4.78 is 40.9. The highest BCUT2D eigenvalue weighted by molar-refractivity contribution is 5.67. The Labute approximate surface area is 110 Å². The SMILES string of the molecule is CC(C)c1c(C(F)(F)F)cn(C)c1-c1ccccc1. The Hall–Kier alpha value is -1.71. The van der Waals surface area contributed by atoms with Crippen molar-refractivity contribution in [1.82, 2.24) is 4.57 Å². The third kappa shape index (κ3) is 2.53. The van der Waals surface area contributed by atoms with Crippen LogP contribution in [0, 0.1) is 0 Å². The predicted molar refractivity (Wildman–Crippen MR) is 69.9 cm³/mol. The fourth-order valence-electron chi connectivity index (χ4n) is 2.41. The second-order valence-corrected chi connectivity index (χ2v) is 4.93. The van der Waals surface area contributed by atoms with E-state index in [2.05, 4.69) is 0 Å². The Bertz CT molecular complexity index is 565.